The van der Waals surface area contributed by atoms with Gasteiger partial charge in [0, 0.05) is 0 Å². The molecule has 0 aliphatic carbocycles. The maximum atomic E-state index is 9.75. The van der Waals surface area contributed by atoms with Crippen molar-refractivity contribution in [3.63, 3.8) is 0 Å². The van der Waals surface area contributed by atoms with Gasteiger partial charge in [-0.3, -0.25) is 0 Å². The van der Waals surface area contributed by atoms with Crippen LogP contribution in [0.4, 0.5) is 0 Å². The Labute approximate surface area is 107 Å². The van der Waals surface area contributed by atoms with E-state index in [1.54, 1.807) is 0 Å². The van der Waals surface area contributed by atoms with E-state index in [1.165, 1.54) is 0 Å². The van der Waals surface area contributed by atoms with Crippen LogP contribution in [0.1, 0.15) is 33.1 Å². The first-order chi connectivity index (χ1) is 8.51. The van der Waals surface area contributed by atoms with E-state index in [-0.39, 0.29) is 6.10 Å². The lowest BCUT2D eigenvalue weighted by molar-refractivity contribution is -0.310. The van der Waals surface area contributed by atoms with Crippen molar-refractivity contribution in [1.82, 2.24) is 0 Å². The summed E-state index contributed by atoms with van der Waals surface area (Å²) >= 11 is 0. The fraction of sp³-hybridized carbons (Fsp3) is 1.00. The lowest BCUT2D eigenvalue weighted by Gasteiger charge is -2.40. The zero-order valence-corrected chi connectivity index (χ0v) is 10.9. The van der Waals surface area contributed by atoms with Crippen molar-refractivity contribution >= 4 is 0 Å². The molecule has 6 nitrogen and oxygen atoms in total. The van der Waals surface area contributed by atoms with Gasteiger partial charge in [-0.15, -0.1) is 0 Å². The highest BCUT2D eigenvalue weighted by Crippen LogP contribution is 2.23. The molecule has 0 spiro atoms. The van der Waals surface area contributed by atoms with Crippen LogP contribution in [0.2, 0.25) is 0 Å². The molecule has 1 saturated heterocycles. The number of ether oxygens (including phenoxy) is 2. The van der Waals surface area contributed by atoms with Crippen molar-refractivity contribution in [2.24, 2.45) is 0 Å². The first-order valence-electron chi connectivity index (χ1n) is 6.47. The Morgan fingerprint density at radius 2 is 1.83 bits per heavy atom. The molecule has 108 valence electrons. The molecule has 0 saturated carbocycles. The van der Waals surface area contributed by atoms with Crippen LogP contribution in [0.25, 0.3) is 0 Å². The minimum Gasteiger partial charge on any atom is -0.394 e. The normalized spacial score (nSPS) is 38.7. The lowest BCUT2D eigenvalue weighted by atomic mass is 9.99. The predicted molar refractivity (Wildman–Crippen MR) is 63.8 cm³/mol. The summed E-state index contributed by atoms with van der Waals surface area (Å²) in [6, 6.07) is 0. The minimum atomic E-state index is -1.38. The van der Waals surface area contributed by atoms with Gasteiger partial charge in [0.25, 0.3) is 0 Å². The average Bonchev–Trinajstić information content (AvgIpc) is 2.37. The fourth-order valence-corrected chi connectivity index (χ4v) is 1.97. The first kappa shape index (κ1) is 15.8. The van der Waals surface area contributed by atoms with Crippen molar-refractivity contribution in [1.29, 1.82) is 0 Å². The number of aliphatic hydroxyl groups is 4. The summed E-state index contributed by atoms with van der Waals surface area (Å²) in [5, 5.41) is 38.0. The third kappa shape index (κ3) is 3.88. The number of hydrogen-bond donors (Lipinski definition) is 4. The van der Waals surface area contributed by atoms with E-state index in [0.29, 0.717) is 0 Å². The summed E-state index contributed by atoms with van der Waals surface area (Å²) in [6.07, 6.45) is -3.21. The molecule has 0 aromatic carbocycles. The van der Waals surface area contributed by atoms with Crippen LogP contribution >= 0.6 is 0 Å². The fourth-order valence-electron chi connectivity index (χ4n) is 1.97. The molecule has 4 unspecified atom stereocenters. The van der Waals surface area contributed by atoms with Crippen molar-refractivity contribution in [3.05, 3.63) is 0 Å². The maximum Gasteiger partial charge on any atom is 0.186 e. The summed E-state index contributed by atoms with van der Waals surface area (Å²) in [6.45, 7) is 3.49. The van der Waals surface area contributed by atoms with Crippen LogP contribution in [0.15, 0.2) is 0 Å². The van der Waals surface area contributed by atoms with Crippen molar-refractivity contribution in [3.8, 4) is 0 Å². The summed E-state index contributed by atoms with van der Waals surface area (Å²) in [4.78, 5) is 0. The lowest BCUT2D eigenvalue weighted by Crippen LogP contribution is -2.59. The van der Waals surface area contributed by atoms with Gasteiger partial charge in [0.05, 0.1) is 12.7 Å². The van der Waals surface area contributed by atoms with Gasteiger partial charge in [-0.05, 0) is 13.3 Å². The van der Waals surface area contributed by atoms with Crippen LogP contribution in [-0.4, -0.2) is 63.8 Å². The highest BCUT2D eigenvalue weighted by atomic mass is 16.7. The third-order valence-corrected chi connectivity index (χ3v) is 3.18. The molecule has 1 rings (SSSR count). The van der Waals surface area contributed by atoms with Gasteiger partial charge in [-0.1, -0.05) is 19.8 Å². The van der Waals surface area contributed by atoms with Gasteiger partial charge in [0.1, 0.15) is 24.4 Å². The van der Waals surface area contributed by atoms with E-state index in [2.05, 4.69) is 6.92 Å². The van der Waals surface area contributed by atoms with Crippen LogP contribution in [0.5, 0.6) is 0 Å². The van der Waals surface area contributed by atoms with Gasteiger partial charge in [0.2, 0.25) is 0 Å². The van der Waals surface area contributed by atoms with Crippen molar-refractivity contribution < 1.29 is 29.9 Å². The van der Waals surface area contributed by atoms with Gasteiger partial charge < -0.3 is 29.9 Å². The predicted octanol–water partition coefficient (Wildman–Crippen LogP) is -0.618. The standard InChI is InChI=1S/C12H24O6/c1-3-4-5-7(2)17-12-11(16)10(15)9(14)8(6-13)18-12/h7-16H,3-6H2,1-2H3/t7?,8?,9-,10?,11?,12-/m1/s1. The van der Waals surface area contributed by atoms with Crippen molar-refractivity contribution in [2.45, 2.75) is 69.9 Å². The molecule has 18 heavy (non-hydrogen) atoms. The number of rotatable bonds is 6. The van der Waals surface area contributed by atoms with E-state index >= 15 is 0 Å². The largest absolute Gasteiger partial charge is 0.394 e. The molecule has 0 bridgehead atoms. The Kier molecular flexibility index (Phi) is 6.48. The van der Waals surface area contributed by atoms with Gasteiger partial charge >= 0.3 is 0 Å². The van der Waals surface area contributed by atoms with E-state index in [1.807, 2.05) is 6.92 Å². The molecule has 6 atom stereocenters. The summed E-state index contributed by atoms with van der Waals surface area (Å²) in [5.41, 5.74) is 0. The Morgan fingerprint density at radius 1 is 1.17 bits per heavy atom. The number of hydrogen-bond acceptors (Lipinski definition) is 6. The van der Waals surface area contributed by atoms with E-state index in [9.17, 15) is 15.3 Å². The zero-order chi connectivity index (χ0) is 13.7. The average molecular weight is 264 g/mol. The Hall–Kier alpha value is -0.240. The molecule has 0 radical (unpaired) electrons. The second-order valence-electron chi connectivity index (χ2n) is 4.79. The highest BCUT2D eigenvalue weighted by molar-refractivity contribution is 4.89. The van der Waals surface area contributed by atoms with E-state index < -0.39 is 37.3 Å². The minimum absolute atomic E-state index is 0.119. The van der Waals surface area contributed by atoms with Gasteiger partial charge in [-0.25, -0.2) is 0 Å². The molecule has 4 N–H and O–H groups in total. The third-order valence-electron chi connectivity index (χ3n) is 3.18. The Bertz CT molecular complexity index is 235. The zero-order valence-electron chi connectivity index (χ0n) is 10.9. The molecule has 6 heteroatoms. The number of aliphatic hydroxyl groups excluding tert-OH is 4. The topological polar surface area (TPSA) is 99.4 Å². The smallest absolute Gasteiger partial charge is 0.186 e. The second-order valence-corrected chi connectivity index (χ2v) is 4.79. The molecule has 1 aliphatic heterocycles. The molecular weight excluding hydrogens is 240 g/mol. The van der Waals surface area contributed by atoms with Crippen LogP contribution < -0.4 is 0 Å². The molecule has 1 heterocycles. The Morgan fingerprint density at radius 3 is 2.39 bits per heavy atom. The van der Waals surface area contributed by atoms with Crippen LogP contribution in [0, 0.1) is 0 Å². The maximum absolute atomic E-state index is 9.75. The monoisotopic (exact) mass is 264 g/mol. The summed E-state index contributed by atoms with van der Waals surface area (Å²) < 4.78 is 10.8. The SMILES string of the molecule is CCCCC(C)O[C@@H]1OC(CO)[C@@H](O)C(O)C1O. The molecule has 1 aliphatic rings. The number of unbranched alkanes of at least 4 members (excludes halogenated alkanes) is 1. The van der Waals surface area contributed by atoms with E-state index in [0.717, 1.165) is 19.3 Å². The van der Waals surface area contributed by atoms with E-state index in [4.69, 9.17) is 14.6 Å². The van der Waals surface area contributed by atoms with Crippen molar-refractivity contribution in [2.75, 3.05) is 6.61 Å². The Balaban J connectivity index is 2.53. The quantitative estimate of drug-likeness (QED) is 0.510. The van der Waals surface area contributed by atoms with Crippen LogP contribution in [-0.2, 0) is 9.47 Å². The van der Waals surface area contributed by atoms with Crippen LogP contribution in [0.3, 0.4) is 0 Å². The molecule has 0 amide bonds. The van der Waals surface area contributed by atoms with Gasteiger partial charge in [0.15, 0.2) is 6.29 Å². The summed E-state index contributed by atoms with van der Waals surface area (Å²) in [7, 11) is 0. The molecule has 0 aromatic rings. The summed E-state index contributed by atoms with van der Waals surface area (Å²) in [5.74, 6) is 0. The first-order valence-corrected chi connectivity index (χ1v) is 6.47. The second kappa shape index (κ2) is 7.37. The van der Waals surface area contributed by atoms with Gasteiger partial charge in [-0.2, -0.15) is 0 Å². The highest BCUT2D eigenvalue weighted by Gasteiger charge is 2.44. The molecular formula is C12H24O6. The molecule has 1 fully saturated rings. The molecule has 0 aromatic heterocycles.